The Hall–Kier alpha value is -3.08. The van der Waals surface area contributed by atoms with Crippen LogP contribution in [0.3, 0.4) is 0 Å². The zero-order valence-corrected chi connectivity index (χ0v) is 18.7. The zero-order valence-electron chi connectivity index (χ0n) is 18.7. The van der Waals surface area contributed by atoms with E-state index < -0.39 is 6.04 Å². The molecule has 3 atom stereocenters. The number of amides is 2. The van der Waals surface area contributed by atoms with E-state index in [1.165, 1.54) is 4.90 Å². The highest BCUT2D eigenvalue weighted by atomic mass is 16.5. The van der Waals surface area contributed by atoms with Crippen LogP contribution in [0.15, 0.2) is 66.7 Å². The van der Waals surface area contributed by atoms with Gasteiger partial charge < -0.3 is 15.0 Å². The number of fused-ring (bicyclic) bond motifs is 1. The molecule has 2 aromatic carbocycles. The lowest BCUT2D eigenvalue weighted by atomic mass is 9.98. The Morgan fingerprint density at radius 3 is 2.32 bits per heavy atom. The normalized spacial score (nSPS) is 24.0. The summed E-state index contributed by atoms with van der Waals surface area (Å²) in [5.41, 5.74) is 1.51. The first-order valence-corrected chi connectivity index (χ1v) is 10.9. The van der Waals surface area contributed by atoms with E-state index in [0.717, 1.165) is 5.56 Å². The van der Waals surface area contributed by atoms with Gasteiger partial charge in [0.05, 0.1) is 17.7 Å². The molecule has 1 heterocycles. The molecule has 0 saturated heterocycles. The molecule has 0 aliphatic carbocycles. The van der Waals surface area contributed by atoms with Gasteiger partial charge in [0.25, 0.3) is 5.91 Å². The standard InChI is InChI=1S/C26H32N2O3/c1-18(2)24-25(29)27-22(20-13-6-5-7-14-20)16-10-8-12-19(3)31-23-17-11-9-15-21(23)26(30)28(24)4/h5-11,13-15,17-19,22,24H,12,16H2,1-4H3,(H,27,29)/b10-8+/t19-,22-,24-/m1/s1. The van der Waals surface area contributed by atoms with Crippen molar-refractivity contribution in [3.63, 3.8) is 0 Å². The first kappa shape index (κ1) is 22.6. The second-order valence-electron chi connectivity index (χ2n) is 8.44. The van der Waals surface area contributed by atoms with E-state index in [0.29, 0.717) is 24.2 Å². The van der Waals surface area contributed by atoms with Gasteiger partial charge in [0, 0.05) is 13.5 Å². The average molecular weight is 421 g/mol. The molecular formula is C26H32N2O3. The van der Waals surface area contributed by atoms with Crippen LogP contribution in [-0.4, -0.2) is 35.9 Å². The summed E-state index contributed by atoms with van der Waals surface area (Å²) in [4.78, 5) is 28.3. The fourth-order valence-electron chi connectivity index (χ4n) is 3.99. The van der Waals surface area contributed by atoms with Crippen molar-refractivity contribution in [1.29, 1.82) is 0 Å². The summed E-state index contributed by atoms with van der Waals surface area (Å²) in [5, 5.41) is 3.19. The third-order valence-corrected chi connectivity index (χ3v) is 5.61. The summed E-state index contributed by atoms with van der Waals surface area (Å²) in [7, 11) is 1.69. The molecule has 0 spiro atoms. The highest BCUT2D eigenvalue weighted by molar-refractivity contribution is 5.99. The molecular weight excluding hydrogens is 388 g/mol. The van der Waals surface area contributed by atoms with Crippen LogP contribution in [0.2, 0.25) is 0 Å². The monoisotopic (exact) mass is 420 g/mol. The van der Waals surface area contributed by atoms with Crippen molar-refractivity contribution in [3.05, 3.63) is 77.9 Å². The third-order valence-electron chi connectivity index (χ3n) is 5.61. The number of likely N-dealkylation sites (N-methyl/N-ethyl adjacent to an activating group) is 1. The van der Waals surface area contributed by atoms with Crippen LogP contribution in [0, 0.1) is 5.92 Å². The molecule has 2 amide bonds. The lowest BCUT2D eigenvalue weighted by Crippen LogP contribution is -2.51. The van der Waals surface area contributed by atoms with Gasteiger partial charge >= 0.3 is 0 Å². The topological polar surface area (TPSA) is 58.6 Å². The van der Waals surface area contributed by atoms with E-state index in [1.54, 1.807) is 13.1 Å². The van der Waals surface area contributed by atoms with E-state index in [2.05, 4.69) is 17.5 Å². The highest BCUT2D eigenvalue weighted by Gasteiger charge is 2.33. The van der Waals surface area contributed by atoms with Crippen molar-refractivity contribution in [3.8, 4) is 5.75 Å². The van der Waals surface area contributed by atoms with Gasteiger partial charge in [-0.1, -0.05) is 68.5 Å². The number of nitrogens with zero attached hydrogens (tertiary/aromatic N) is 1. The number of carbonyl (C=O) groups excluding carboxylic acids is 2. The number of hydrogen-bond donors (Lipinski definition) is 1. The lowest BCUT2D eigenvalue weighted by Gasteiger charge is -2.32. The minimum absolute atomic E-state index is 0.0548. The minimum atomic E-state index is -0.601. The average Bonchev–Trinajstić information content (AvgIpc) is 2.75. The lowest BCUT2D eigenvalue weighted by molar-refractivity contribution is -0.127. The molecule has 0 bridgehead atoms. The van der Waals surface area contributed by atoms with Crippen LogP contribution in [0.1, 0.15) is 55.6 Å². The Morgan fingerprint density at radius 2 is 1.61 bits per heavy atom. The summed E-state index contributed by atoms with van der Waals surface area (Å²) in [6.45, 7) is 5.91. The van der Waals surface area contributed by atoms with Gasteiger partial charge in [-0.05, 0) is 37.0 Å². The SMILES string of the molecule is CC(C)[C@@H]1C(=O)N[C@@H](c2ccccc2)C/C=C/C[C@@H](C)Oc2ccccc2C(=O)N1C. The number of para-hydroxylation sites is 1. The van der Waals surface area contributed by atoms with Gasteiger partial charge in [-0.3, -0.25) is 9.59 Å². The van der Waals surface area contributed by atoms with Crippen LogP contribution in [0.5, 0.6) is 5.75 Å². The predicted molar refractivity (Wildman–Crippen MR) is 123 cm³/mol. The summed E-state index contributed by atoms with van der Waals surface area (Å²) < 4.78 is 6.09. The van der Waals surface area contributed by atoms with Gasteiger partial charge in [-0.2, -0.15) is 0 Å². The molecule has 0 aromatic heterocycles. The first-order chi connectivity index (χ1) is 14.9. The smallest absolute Gasteiger partial charge is 0.258 e. The van der Waals surface area contributed by atoms with E-state index in [-0.39, 0.29) is 29.9 Å². The van der Waals surface area contributed by atoms with Gasteiger partial charge in [0.2, 0.25) is 5.91 Å². The summed E-state index contributed by atoms with van der Waals surface area (Å²) in [6, 6.07) is 16.4. The minimum Gasteiger partial charge on any atom is -0.490 e. The summed E-state index contributed by atoms with van der Waals surface area (Å²) >= 11 is 0. The number of nitrogens with one attached hydrogen (secondary N) is 1. The van der Waals surface area contributed by atoms with Crippen molar-refractivity contribution < 1.29 is 14.3 Å². The maximum absolute atomic E-state index is 13.4. The van der Waals surface area contributed by atoms with E-state index in [1.807, 2.05) is 69.3 Å². The number of hydrogen-bond acceptors (Lipinski definition) is 3. The van der Waals surface area contributed by atoms with E-state index in [9.17, 15) is 9.59 Å². The molecule has 0 saturated carbocycles. The van der Waals surface area contributed by atoms with Crippen molar-refractivity contribution in [1.82, 2.24) is 10.2 Å². The van der Waals surface area contributed by atoms with Crippen LogP contribution in [0.25, 0.3) is 0 Å². The predicted octanol–water partition coefficient (Wildman–Crippen LogP) is 4.76. The second kappa shape index (κ2) is 10.3. The fourth-order valence-corrected chi connectivity index (χ4v) is 3.99. The second-order valence-corrected chi connectivity index (χ2v) is 8.44. The molecule has 1 aliphatic rings. The van der Waals surface area contributed by atoms with Gasteiger partial charge in [-0.25, -0.2) is 0 Å². The first-order valence-electron chi connectivity index (χ1n) is 10.9. The maximum Gasteiger partial charge on any atom is 0.258 e. The molecule has 5 nitrogen and oxygen atoms in total. The Balaban J connectivity index is 1.99. The molecule has 1 N–H and O–H groups in total. The number of ether oxygens (including phenoxy) is 1. The Bertz CT molecular complexity index is 923. The van der Waals surface area contributed by atoms with Crippen LogP contribution >= 0.6 is 0 Å². The Labute approximate surface area is 185 Å². The molecule has 164 valence electrons. The number of rotatable bonds is 2. The molecule has 31 heavy (non-hydrogen) atoms. The largest absolute Gasteiger partial charge is 0.490 e. The molecule has 0 fully saturated rings. The molecule has 5 heteroatoms. The maximum atomic E-state index is 13.4. The Kier molecular flexibility index (Phi) is 7.50. The van der Waals surface area contributed by atoms with E-state index in [4.69, 9.17) is 4.74 Å². The quantitative estimate of drug-likeness (QED) is 0.713. The molecule has 0 radical (unpaired) electrons. The van der Waals surface area contributed by atoms with Crippen LogP contribution in [0.4, 0.5) is 0 Å². The fraction of sp³-hybridized carbons (Fsp3) is 0.385. The molecule has 2 aromatic rings. The zero-order chi connectivity index (χ0) is 22.4. The molecule has 1 aliphatic heterocycles. The summed E-state index contributed by atoms with van der Waals surface area (Å²) in [6.07, 6.45) is 5.47. The van der Waals surface area contributed by atoms with Crippen molar-refractivity contribution in [2.24, 2.45) is 5.92 Å². The third kappa shape index (κ3) is 5.54. The highest BCUT2D eigenvalue weighted by Crippen LogP contribution is 2.25. The Morgan fingerprint density at radius 1 is 0.968 bits per heavy atom. The number of benzene rings is 2. The van der Waals surface area contributed by atoms with Crippen molar-refractivity contribution in [2.75, 3.05) is 7.05 Å². The summed E-state index contributed by atoms with van der Waals surface area (Å²) in [5.74, 6) is 0.112. The van der Waals surface area contributed by atoms with E-state index >= 15 is 0 Å². The van der Waals surface area contributed by atoms with Gasteiger partial charge in [0.1, 0.15) is 11.8 Å². The number of carbonyl (C=O) groups is 2. The van der Waals surface area contributed by atoms with Crippen molar-refractivity contribution >= 4 is 11.8 Å². The molecule has 3 rings (SSSR count). The van der Waals surface area contributed by atoms with Gasteiger partial charge in [-0.15, -0.1) is 0 Å². The van der Waals surface area contributed by atoms with Crippen LogP contribution in [-0.2, 0) is 4.79 Å². The molecule has 0 unspecified atom stereocenters. The van der Waals surface area contributed by atoms with Crippen LogP contribution < -0.4 is 10.1 Å². The van der Waals surface area contributed by atoms with Gasteiger partial charge in [0.15, 0.2) is 0 Å². The van der Waals surface area contributed by atoms with Crippen molar-refractivity contribution in [2.45, 2.75) is 51.8 Å².